The normalized spacial score (nSPS) is 12.2. The third-order valence-electron chi connectivity index (χ3n) is 5.34. The number of nitrogens with zero attached hydrogens (tertiary/aromatic N) is 4. The van der Waals surface area contributed by atoms with E-state index in [0.29, 0.717) is 29.0 Å². The Hall–Kier alpha value is -2.09. The van der Waals surface area contributed by atoms with Crippen molar-refractivity contribution in [3.63, 3.8) is 0 Å². The van der Waals surface area contributed by atoms with Crippen LogP contribution in [0.3, 0.4) is 0 Å². The smallest absolute Gasteiger partial charge is 0.434 e. The van der Waals surface area contributed by atoms with Crippen LogP contribution in [0.4, 0.5) is 13.2 Å². The summed E-state index contributed by atoms with van der Waals surface area (Å²) < 4.78 is 42.4. The quantitative estimate of drug-likeness (QED) is 0.452. The van der Waals surface area contributed by atoms with Crippen LogP contribution < -0.4 is 34.5 Å². The van der Waals surface area contributed by atoms with Crippen molar-refractivity contribution in [2.75, 3.05) is 0 Å². The first-order chi connectivity index (χ1) is 14.5. The molecule has 4 nitrogen and oxygen atoms in total. The van der Waals surface area contributed by atoms with Gasteiger partial charge in [0.25, 0.3) is 0 Å². The molecular weight excluding hydrogens is 424 g/mol. The second kappa shape index (κ2) is 8.69. The number of hydrogen-bond donors (Lipinski definition) is 0. The molecule has 0 unspecified atom stereocenters. The van der Waals surface area contributed by atoms with Crippen LogP contribution in [0.25, 0.3) is 33.7 Å². The van der Waals surface area contributed by atoms with Crippen LogP contribution in [-0.2, 0) is 18.1 Å². The summed E-state index contributed by atoms with van der Waals surface area (Å²) in [4.78, 5) is 9.37. The third-order valence-corrected chi connectivity index (χ3v) is 5.34. The van der Waals surface area contributed by atoms with Crippen LogP contribution in [0.1, 0.15) is 44.5 Å². The van der Waals surface area contributed by atoms with E-state index in [2.05, 4.69) is 30.9 Å². The van der Waals surface area contributed by atoms with Gasteiger partial charge in [0.1, 0.15) is 0 Å². The Morgan fingerprint density at radius 3 is 2.34 bits per heavy atom. The van der Waals surface area contributed by atoms with E-state index in [1.807, 2.05) is 24.6 Å². The zero-order valence-corrected chi connectivity index (χ0v) is 21.2. The molecule has 0 aliphatic carbocycles. The first-order valence-corrected chi connectivity index (χ1v) is 10.2. The van der Waals surface area contributed by atoms with Gasteiger partial charge in [0.05, 0.1) is 17.0 Å². The Morgan fingerprint density at radius 2 is 1.72 bits per heavy atom. The van der Waals surface area contributed by atoms with Crippen LogP contribution in [0.5, 0.6) is 0 Å². The minimum absolute atomic E-state index is 0. The third kappa shape index (κ3) is 4.51. The molecule has 0 amide bonds. The van der Waals surface area contributed by atoms with Gasteiger partial charge in [0, 0.05) is 12.0 Å². The average Bonchev–Trinajstić information content (AvgIpc) is 3.31. The second-order valence-corrected chi connectivity index (χ2v) is 8.73. The fraction of sp³-hybridized carbons (Fsp3) is 0.333. The van der Waals surface area contributed by atoms with E-state index in [0.717, 1.165) is 23.0 Å². The monoisotopic (exact) mass is 448 g/mol. The molecule has 0 aliphatic heterocycles. The molecule has 4 rings (SSSR count). The van der Waals surface area contributed by atoms with Gasteiger partial charge in [-0.25, -0.2) is 0 Å². The summed E-state index contributed by atoms with van der Waals surface area (Å²) in [6.45, 7) is 10.8. The summed E-state index contributed by atoms with van der Waals surface area (Å²) in [5, 5.41) is 4.68. The molecule has 0 radical (unpaired) electrons. The molecule has 8 heteroatoms. The largest absolute Gasteiger partial charge is 1.00 e. The molecule has 2 aromatic heterocycles. The number of halogens is 3. The van der Waals surface area contributed by atoms with Gasteiger partial charge in [-0.05, 0) is 59.5 Å². The molecule has 162 valence electrons. The van der Waals surface area contributed by atoms with Gasteiger partial charge in [0.15, 0.2) is 0 Å². The summed E-state index contributed by atoms with van der Waals surface area (Å²) in [7, 11) is 0. The molecule has 2 aromatic carbocycles. The van der Waals surface area contributed by atoms with Gasteiger partial charge < -0.3 is 9.97 Å². The van der Waals surface area contributed by atoms with Crippen LogP contribution in [0.2, 0.25) is 0 Å². The van der Waals surface area contributed by atoms with E-state index in [4.69, 9.17) is 4.98 Å². The Labute approximate surface area is 207 Å². The van der Waals surface area contributed by atoms with Crippen molar-refractivity contribution in [1.82, 2.24) is 19.7 Å². The number of aryl methyl sites for hydroxylation is 2. The van der Waals surface area contributed by atoms with E-state index >= 15 is 0 Å². The maximum Gasteiger partial charge on any atom is 1.00 e. The van der Waals surface area contributed by atoms with Crippen LogP contribution >= 0.6 is 0 Å². The number of imidazole rings is 1. The Bertz CT molecular complexity index is 1260. The number of aromatic nitrogens is 4. The van der Waals surface area contributed by atoms with Crippen molar-refractivity contribution in [3.8, 4) is 22.6 Å². The summed E-state index contributed by atoms with van der Waals surface area (Å²) in [5.41, 5.74) is 3.62. The fourth-order valence-corrected chi connectivity index (χ4v) is 3.69. The molecule has 0 N–H and O–H groups in total. The van der Waals surface area contributed by atoms with Gasteiger partial charge >= 0.3 is 35.7 Å². The zero-order chi connectivity index (χ0) is 22.6. The molecule has 2 heterocycles. The van der Waals surface area contributed by atoms with E-state index in [1.165, 1.54) is 12.1 Å². The summed E-state index contributed by atoms with van der Waals surface area (Å²) in [5.74, 6) is 0.532. The van der Waals surface area contributed by atoms with E-state index < -0.39 is 11.7 Å². The van der Waals surface area contributed by atoms with Crippen LogP contribution in [-0.4, -0.2) is 14.8 Å². The van der Waals surface area contributed by atoms with Crippen molar-refractivity contribution in [2.45, 2.75) is 52.8 Å². The van der Waals surface area contributed by atoms with Crippen LogP contribution in [0, 0.1) is 6.92 Å². The predicted molar refractivity (Wildman–Crippen MR) is 116 cm³/mol. The first-order valence-electron chi connectivity index (χ1n) is 10.2. The molecule has 32 heavy (non-hydrogen) atoms. The molecule has 0 saturated carbocycles. The van der Waals surface area contributed by atoms with Crippen molar-refractivity contribution in [3.05, 3.63) is 59.3 Å². The van der Waals surface area contributed by atoms with E-state index in [-0.39, 0.29) is 40.5 Å². The molecular formula is C24H24F3N4Na. The Kier molecular flexibility index (Phi) is 6.67. The zero-order valence-electron chi connectivity index (χ0n) is 19.2. The summed E-state index contributed by atoms with van der Waals surface area (Å²) in [6, 6.07) is 11.0. The number of alkyl halides is 3. The van der Waals surface area contributed by atoms with Crippen molar-refractivity contribution in [2.24, 2.45) is 0 Å². The number of rotatable bonds is 3. The second-order valence-electron chi connectivity index (χ2n) is 8.73. The predicted octanol–water partition coefficient (Wildman–Crippen LogP) is 3.37. The van der Waals surface area contributed by atoms with Crippen molar-refractivity contribution < 1.29 is 42.7 Å². The minimum atomic E-state index is -4.43. The summed E-state index contributed by atoms with van der Waals surface area (Å²) >= 11 is 0. The minimum Gasteiger partial charge on any atom is -0.434 e. The standard InChI is InChI=1S/C24H24F3N4.Na/c1-6-31-19(13-20(30-31)23(3,4)5)22-28-18-12-15(11-14(2)21(18)29-22)16-9-7-8-10-17(16)24(25,26)27;/h7-13H,6H2,1-5H3;/q-1;+1. The Morgan fingerprint density at radius 1 is 1.03 bits per heavy atom. The molecule has 4 aromatic rings. The van der Waals surface area contributed by atoms with Gasteiger partial charge in [-0.15, -0.1) is 0 Å². The SMILES string of the molecule is CCn1nc(C(C)(C)C)cc1-c1nc2cc(-c3ccccc3C(F)(F)F)cc(C)c2[n-]1.[Na+]. The number of hydrogen-bond acceptors (Lipinski definition) is 2. The van der Waals surface area contributed by atoms with E-state index in [1.54, 1.807) is 18.2 Å². The van der Waals surface area contributed by atoms with Gasteiger partial charge in [-0.1, -0.05) is 51.1 Å². The average molecular weight is 448 g/mol. The molecule has 0 spiro atoms. The Balaban J connectivity index is 0.00000289. The molecule has 0 fully saturated rings. The van der Waals surface area contributed by atoms with Gasteiger partial charge in [0.2, 0.25) is 0 Å². The van der Waals surface area contributed by atoms with E-state index in [9.17, 15) is 13.2 Å². The molecule has 0 saturated heterocycles. The fourth-order valence-electron chi connectivity index (χ4n) is 3.69. The topological polar surface area (TPSA) is 44.8 Å². The van der Waals surface area contributed by atoms with Gasteiger partial charge in [-0.2, -0.15) is 18.3 Å². The molecule has 0 aliphatic rings. The van der Waals surface area contributed by atoms with Crippen molar-refractivity contribution in [1.29, 1.82) is 0 Å². The molecule has 0 bridgehead atoms. The number of benzene rings is 2. The van der Waals surface area contributed by atoms with Gasteiger partial charge in [-0.3, -0.25) is 4.68 Å². The number of fused-ring (bicyclic) bond motifs is 1. The maximum atomic E-state index is 13.5. The van der Waals surface area contributed by atoms with Crippen LogP contribution in [0.15, 0.2) is 42.5 Å². The first kappa shape index (κ1) is 24.6. The molecule has 0 atom stereocenters. The summed E-state index contributed by atoms with van der Waals surface area (Å²) in [6.07, 6.45) is -4.43. The maximum absolute atomic E-state index is 13.5. The van der Waals surface area contributed by atoms with Crippen molar-refractivity contribution >= 4 is 11.0 Å².